The molecule has 0 radical (unpaired) electrons. The molecule has 0 heterocycles. The molecule has 0 bridgehead atoms. The standard InChI is InChI=1S/C9H10O5/c1-13-8-5(9(12)14-2)3-4-6(10)7(8)11/h3-4,10-11H,1-2H3. The minimum Gasteiger partial charge on any atom is -0.504 e. The Balaban J connectivity index is 3.31. The number of carbonyl (C=O) groups excluding carboxylic acids is 1. The first kappa shape index (κ1) is 10.2. The predicted octanol–water partition coefficient (Wildman–Crippen LogP) is 0.893. The van der Waals surface area contributed by atoms with Gasteiger partial charge in [-0.3, -0.25) is 0 Å². The van der Waals surface area contributed by atoms with Gasteiger partial charge in [0, 0.05) is 0 Å². The van der Waals surface area contributed by atoms with E-state index >= 15 is 0 Å². The Kier molecular flexibility index (Phi) is 2.81. The summed E-state index contributed by atoms with van der Waals surface area (Å²) in [6, 6.07) is 2.49. The Morgan fingerprint density at radius 1 is 1.29 bits per heavy atom. The average molecular weight is 198 g/mol. The van der Waals surface area contributed by atoms with Crippen LogP contribution in [-0.2, 0) is 4.74 Å². The maximum atomic E-state index is 11.2. The lowest BCUT2D eigenvalue weighted by Crippen LogP contribution is -2.03. The molecule has 0 saturated carbocycles. The molecule has 0 aliphatic rings. The minimum atomic E-state index is -0.642. The molecule has 0 aliphatic carbocycles. The molecule has 0 aliphatic heterocycles. The highest BCUT2D eigenvalue weighted by molar-refractivity contribution is 5.94. The van der Waals surface area contributed by atoms with Gasteiger partial charge >= 0.3 is 5.97 Å². The normalized spacial score (nSPS) is 9.57. The zero-order valence-corrected chi connectivity index (χ0v) is 7.77. The summed E-state index contributed by atoms with van der Waals surface area (Å²) in [5.74, 6) is -1.57. The van der Waals surface area contributed by atoms with Crippen molar-refractivity contribution in [2.24, 2.45) is 0 Å². The zero-order chi connectivity index (χ0) is 10.7. The van der Waals surface area contributed by atoms with Gasteiger partial charge < -0.3 is 19.7 Å². The third kappa shape index (κ3) is 1.56. The molecule has 0 atom stereocenters. The number of carbonyl (C=O) groups is 1. The Bertz CT molecular complexity index is 358. The fraction of sp³-hybridized carbons (Fsp3) is 0.222. The molecule has 2 N–H and O–H groups in total. The van der Waals surface area contributed by atoms with E-state index in [1.165, 1.54) is 26.4 Å². The molecule has 0 aromatic heterocycles. The van der Waals surface area contributed by atoms with Crippen LogP contribution in [0.5, 0.6) is 17.2 Å². The summed E-state index contributed by atoms with van der Waals surface area (Å²) in [5, 5.41) is 18.5. The number of phenols is 2. The average Bonchev–Trinajstić information content (AvgIpc) is 2.20. The van der Waals surface area contributed by atoms with Gasteiger partial charge in [0.1, 0.15) is 5.56 Å². The number of methoxy groups -OCH3 is 2. The molecule has 0 spiro atoms. The summed E-state index contributed by atoms with van der Waals surface area (Å²) in [7, 11) is 2.49. The van der Waals surface area contributed by atoms with Gasteiger partial charge in [0.05, 0.1) is 14.2 Å². The smallest absolute Gasteiger partial charge is 0.341 e. The Morgan fingerprint density at radius 3 is 2.43 bits per heavy atom. The van der Waals surface area contributed by atoms with Gasteiger partial charge in [0.2, 0.25) is 5.75 Å². The van der Waals surface area contributed by atoms with Crippen molar-refractivity contribution in [3.63, 3.8) is 0 Å². The maximum Gasteiger partial charge on any atom is 0.341 e. The van der Waals surface area contributed by atoms with Gasteiger partial charge in [0.15, 0.2) is 11.5 Å². The number of benzene rings is 1. The Morgan fingerprint density at radius 2 is 1.93 bits per heavy atom. The van der Waals surface area contributed by atoms with E-state index < -0.39 is 11.7 Å². The van der Waals surface area contributed by atoms with Gasteiger partial charge in [-0.1, -0.05) is 0 Å². The maximum absolute atomic E-state index is 11.2. The number of phenolic OH excluding ortho intramolecular Hbond substituents is 2. The molecule has 76 valence electrons. The first-order chi connectivity index (χ1) is 6.61. The fourth-order valence-corrected chi connectivity index (χ4v) is 1.04. The second kappa shape index (κ2) is 3.87. The molecule has 1 aromatic carbocycles. The van der Waals surface area contributed by atoms with E-state index in [-0.39, 0.29) is 17.1 Å². The van der Waals surface area contributed by atoms with Crippen molar-refractivity contribution in [2.45, 2.75) is 0 Å². The van der Waals surface area contributed by atoms with Crippen molar-refractivity contribution in [3.05, 3.63) is 17.7 Å². The number of ether oxygens (including phenoxy) is 2. The monoisotopic (exact) mass is 198 g/mol. The Hall–Kier alpha value is -1.91. The van der Waals surface area contributed by atoms with Crippen molar-refractivity contribution in [2.75, 3.05) is 14.2 Å². The SMILES string of the molecule is COC(=O)c1ccc(O)c(O)c1OC. The highest BCUT2D eigenvalue weighted by atomic mass is 16.5. The van der Waals surface area contributed by atoms with E-state index in [4.69, 9.17) is 9.84 Å². The van der Waals surface area contributed by atoms with Crippen molar-refractivity contribution >= 4 is 5.97 Å². The first-order valence-electron chi connectivity index (χ1n) is 3.79. The van der Waals surface area contributed by atoms with Crippen LogP contribution in [0.2, 0.25) is 0 Å². The van der Waals surface area contributed by atoms with E-state index in [1.54, 1.807) is 0 Å². The van der Waals surface area contributed by atoms with E-state index in [0.717, 1.165) is 0 Å². The third-order valence-electron chi connectivity index (χ3n) is 1.72. The quantitative estimate of drug-likeness (QED) is 0.545. The zero-order valence-electron chi connectivity index (χ0n) is 7.77. The second-order valence-electron chi connectivity index (χ2n) is 2.51. The van der Waals surface area contributed by atoms with E-state index in [1.807, 2.05) is 0 Å². The van der Waals surface area contributed by atoms with Crippen LogP contribution in [0, 0.1) is 0 Å². The number of esters is 1. The summed E-state index contributed by atoms with van der Waals surface area (Å²) in [4.78, 5) is 11.2. The molecule has 0 saturated heterocycles. The summed E-state index contributed by atoms with van der Waals surface area (Å²) in [5.41, 5.74) is 0.0605. The van der Waals surface area contributed by atoms with Gasteiger partial charge in [-0.25, -0.2) is 4.79 Å². The number of hydrogen-bond donors (Lipinski definition) is 2. The molecule has 5 nitrogen and oxygen atoms in total. The molecule has 1 rings (SSSR count). The summed E-state index contributed by atoms with van der Waals surface area (Å²) in [6.45, 7) is 0. The fourth-order valence-electron chi connectivity index (χ4n) is 1.04. The van der Waals surface area contributed by atoms with Crippen molar-refractivity contribution in [3.8, 4) is 17.2 Å². The molecule has 5 heteroatoms. The molecule has 0 amide bonds. The summed E-state index contributed by atoms with van der Waals surface area (Å²) in [6.07, 6.45) is 0. The van der Waals surface area contributed by atoms with Crippen molar-refractivity contribution in [1.82, 2.24) is 0 Å². The number of aromatic hydroxyl groups is 2. The highest BCUT2D eigenvalue weighted by Gasteiger charge is 2.18. The first-order valence-corrected chi connectivity index (χ1v) is 3.79. The molecular formula is C9H10O5. The van der Waals surface area contributed by atoms with Crippen LogP contribution >= 0.6 is 0 Å². The molecule has 0 unspecified atom stereocenters. The minimum absolute atomic E-state index is 0.0605. The van der Waals surface area contributed by atoms with Crippen LogP contribution < -0.4 is 4.74 Å². The van der Waals surface area contributed by atoms with Gasteiger partial charge in [-0.05, 0) is 12.1 Å². The van der Waals surface area contributed by atoms with E-state index in [0.29, 0.717) is 0 Å². The van der Waals surface area contributed by atoms with Gasteiger partial charge in [-0.2, -0.15) is 0 Å². The van der Waals surface area contributed by atoms with E-state index in [2.05, 4.69) is 4.74 Å². The second-order valence-corrected chi connectivity index (χ2v) is 2.51. The van der Waals surface area contributed by atoms with Crippen molar-refractivity contribution < 1.29 is 24.5 Å². The number of hydrogen-bond acceptors (Lipinski definition) is 5. The lowest BCUT2D eigenvalue weighted by atomic mass is 10.1. The molecule has 1 aromatic rings. The molecule has 0 fully saturated rings. The van der Waals surface area contributed by atoms with Crippen LogP contribution in [-0.4, -0.2) is 30.4 Å². The lowest BCUT2D eigenvalue weighted by Gasteiger charge is -2.09. The van der Waals surface area contributed by atoms with Gasteiger partial charge in [-0.15, -0.1) is 0 Å². The van der Waals surface area contributed by atoms with Crippen LogP contribution in [0.3, 0.4) is 0 Å². The largest absolute Gasteiger partial charge is 0.504 e. The van der Waals surface area contributed by atoms with Crippen LogP contribution in [0.1, 0.15) is 10.4 Å². The molecule has 14 heavy (non-hydrogen) atoms. The van der Waals surface area contributed by atoms with E-state index in [9.17, 15) is 9.90 Å². The number of rotatable bonds is 2. The van der Waals surface area contributed by atoms with Crippen LogP contribution in [0.15, 0.2) is 12.1 Å². The van der Waals surface area contributed by atoms with Crippen LogP contribution in [0.25, 0.3) is 0 Å². The lowest BCUT2D eigenvalue weighted by molar-refractivity contribution is 0.0596. The van der Waals surface area contributed by atoms with Gasteiger partial charge in [0.25, 0.3) is 0 Å². The Labute approximate surface area is 80.5 Å². The topological polar surface area (TPSA) is 76.0 Å². The predicted molar refractivity (Wildman–Crippen MR) is 47.7 cm³/mol. The highest BCUT2D eigenvalue weighted by Crippen LogP contribution is 2.37. The third-order valence-corrected chi connectivity index (χ3v) is 1.72. The summed E-state index contributed by atoms with van der Waals surface area (Å²) >= 11 is 0. The van der Waals surface area contributed by atoms with Crippen molar-refractivity contribution in [1.29, 1.82) is 0 Å². The van der Waals surface area contributed by atoms with Crippen LogP contribution in [0.4, 0.5) is 0 Å². The summed E-state index contributed by atoms with van der Waals surface area (Å²) < 4.78 is 9.23. The molecular weight excluding hydrogens is 188 g/mol.